The number of fused-ring (bicyclic) bond motifs is 1. The number of hydrogen-bond donors (Lipinski definition) is 1. The number of ether oxygens (including phenoxy) is 1. The molecule has 4 aromatic rings. The Hall–Kier alpha value is -4.89. The maximum atomic E-state index is 13.6. The van der Waals surface area contributed by atoms with Crippen molar-refractivity contribution in [1.82, 2.24) is 14.8 Å². The normalized spacial score (nSPS) is 14.8. The number of methoxy groups -OCH3 is 1. The van der Waals surface area contributed by atoms with Gasteiger partial charge in [0.05, 0.1) is 29.9 Å². The number of carbonyl (C=O) groups is 1. The van der Waals surface area contributed by atoms with E-state index in [9.17, 15) is 28.0 Å². The van der Waals surface area contributed by atoms with Crippen LogP contribution in [-0.2, 0) is 28.7 Å². The first-order chi connectivity index (χ1) is 20.5. The third-order valence-electron chi connectivity index (χ3n) is 7.23. The number of halogens is 4. The van der Waals surface area contributed by atoms with Crippen LogP contribution in [0.25, 0.3) is 0 Å². The highest BCUT2D eigenvalue weighted by atomic mass is 35.5. The van der Waals surface area contributed by atoms with Gasteiger partial charge in [-0.15, -0.1) is 5.10 Å². The van der Waals surface area contributed by atoms with Crippen molar-refractivity contribution in [2.75, 3.05) is 12.0 Å². The number of nitrogens with zero attached hydrogens (tertiary/aromatic N) is 5. The molecule has 9 nitrogen and oxygen atoms in total. The predicted molar refractivity (Wildman–Crippen MR) is 150 cm³/mol. The molecular weight excluding hydrogens is 585 g/mol. The molecule has 0 saturated heterocycles. The molecule has 0 bridgehead atoms. The first-order valence-corrected chi connectivity index (χ1v) is 13.5. The van der Waals surface area contributed by atoms with Gasteiger partial charge in [0.1, 0.15) is 17.6 Å². The zero-order valence-electron chi connectivity index (χ0n) is 23.0. The minimum absolute atomic E-state index is 0.00993. The second-order valence-corrected chi connectivity index (χ2v) is 10.3. The monoisotopic (exact) mass is 609 g/mol. The van der Waals surface area contributed by atoms with Gasteiger partial charge in [0.15, 0.2) is 12.4 Å². The second kappa shape index (κ2) is 11.8. The molecular formula is C30H25ClF3N6O3+. The molecule has 0 radical (unpaired) electrons. The lowest BCUT2D eigenvalue weighted by molar-refractivity contribution is -0.697. The summed E-state index contributed by atoms with van der Waals surface area (Å²) in [7, 11) is 1.18. The van der Waals surface area contributed by atoms with Gasteiger partial charge in [0.25, 0.3) is 0 Å². The number of allylic oxidation sites excluding steroid dienone is 1. The molecule has 0 spiro atoms. The van der Waals surface area contributed by atoms with Crippen LogP contribution < -0.4 is 15.2 Å². The molecule has 1 aliphatic rings. The molecule has 220 valence electrons. The maximum absolute atomic E-state index is 13.6. The van der Waals surface area contributed by atoms with E-state index in [1.807, 2.05) is 16.8 Å². The zero-order valence-corrected chi connectivity index (χ0v) is 23.8. The van der Waals surface area contributed by atoms with E-state index in [-0.39, 0.29) is 22.9 Å². The van der Waals surface area contributed by atoms with Crippen LogP contribution in [0.2, 0.25) is 5.02 Å². The van der Waals surface area contributed by atoms with Gasteiger partial charge >= 0.3 is 17.8 Å². The molecule has 13 heteroatoms. The Bertz CT molecular complexity index is 1840. The van der Waals surface area contributed by atoms with Crippen molar-refractivity contribution in [1.29, 1.82) is 5.26 Å². The van der Waals surface area contributed by atoms with Crippen molar-refractivity contribution in [3.05, 3.63) is 116 Å². The highest BCUT2D eigenvalue weighted by Gasteiger charge is 2.41. The number of nitriles is 1. The molecule has 0 amide bonds. The van der Waals surface area contributed by atoms with Crippen LogP contribution in [0.15, 0.2) is 83.1 Å². The molecule has 1 aliphatic heterocycles. The summed E-state index contributed by atoms with van der Waals surface area (Å²) in [6.07, 6.45) is 0.132. The summed E-state index contributed by atoms with van der Waals surface area (Å²) in [4.78, 5) is 28.0. The van der Waals surface area contributed by atoms with Gasteiger partial charge in [-0.3, -0.25) is 4.90 Å². The van der Waals surface area contributed by atoms with Gasteiger partial charge in [0.2, 0.25) is 5.95 Å². The van der Waals surface area contributed by atoms with Gasteiger partial charge in [-0.2, -0.15) is 18.4 Å². The van der Waals surface area contributed by atoms with Crippen molar-refractivity contribution in [2.24, 2.45) is 0 Å². The van der Waals surface area contributed by atoms with E-state index >= 15 is 0 Å². The lowest BCUT2D eigenvalue weighted by Gasteiger charge is -2.36. The maximum Gasteiger partial charge on any atom is 0.416 e. The summed E-state index contributed by atoms with van der Waals surface area (Å²) in [5, 5.41) is 16.7. The van der Waals surface area contributed by atoms with Crippen molar-refractivity contribution in [2.45, 2.75) is 38.5 Å². The Labute approximate surface area is 249 Å². The molecule has 2 aromatic carbocycles. The molecule has 0 unspecified atom stereocenters. The minimum Gasteiger partial charge on any atom is -0.466 e. The Morgan fingerprint density at radius 2 is 2.00 bits per heavy atom. The number of anilines is 2. The van der Waals surface area contributed by atoms with Crippen molar-refractivity contribution in [3.63, 3.8) is 0 Å². The molecule has 1 N–H and O–H groups in total. The van der Waals surface area contributed by atoms with E-state index in [0.717, 1.165) is 12.1 Å². The molecule has 0 saturated carbocycles. The number of esters is 1. The standard InChI is InChI=1S/C30H24ClF3N6O3/c1-18-25(27(41)43-2)26(24-11-10-19(16-35)14-20(24)6-4-12-38-13-5-8-22(31)17-38)40-28(36-37-29(40)42)39(18)23-9-3-7-21(15-23)30(32,33)34/h3,5,7-11,13-15,17,26H,4,6,12H2,1-2H3/p+1/t26-/m1/s1. The minimum atomic E-state index is -4.62. The first-order valence-electron chi connectivity index (χ1n) is 13.1. The Morgan fingerprint density at radius 3 is 2.70 bits per heavy atom. The first kappa shape index (κ1) is 29.6. The molecule has 1 atom stereocenters. The predicted octanol–water partition coefficient (Wildman–Crippen LogP) is 5.22. The number of benzene rings is 2. The Balaban J connectivity index is 1.65. The highest BCUT2D eigenvalue weighted by molar-refractivity contribution is 6.30. The number of rotatable bonds is 7. The van der Waals surface area contributed by atoms with Crippen molar-refractivity contribution >= 4 is 29.2 Å². The number of aromatic nitrogens is 4. The van der Waals surface area contributed by atoms with E-state index in [4.69, 9.17) is 16.3 Å². The lowest BCUT2D eigenvalue weighted by atomic mass is 9.88. The van der Waals surface area contributed by atoms with Gasteiger partial charge < -0.3 is 4.74 Å². The highest BCUT2D eigenvalue weighted by Crippen LogP contribution is 2.43. The number of H-pyrrole nitrogens is 1. The summed E-state index contributed by atoms with van der Waals surface area (Å²) in [5.74, 6) is -0.785. The molecule has 5 rings (SSSR count). The van der Waals surface area contributed by atoms with Crippen LogP contribution >= 0.6 is 11.6 Å². The molecule has 2 aromatic heterocycles. The van der Waals surface area contributed by atoms with Gasteiger partial charge in [-0.05, 0) is 60.9 Å². The summed E-state index contributed by atoms with van der Waals surface area (Å²) in [5.41, 5.74) is 0.350. The number of carbonyl (C=O) groups excluding carboxylic acids is 1. The number of alkyl halides is 3. The fourth-order valence-electron chi connectivity index (χ4n) is 5.32. The number of nitrogens with one attached hydrogen (secondary N) is 1. The Kier molecular flexibility index (Phi) is 8.10. The van der Waals surface area contributed by atoms with E-state index < -0.39 is 29.4 Å². The topological polar surface area (TPSA) is 108 Å². The van der Waals surface area contributed by atoms with Crippen LogP contribution in [-0.4, -0.2) is 27.8 Å². The zero-order chi connectivity index (χ0) is 30.9. The van der Waals surface area contributed by atoms with Crippen LogP contribution in [0.4, 0.5) is 24.8 Å². The van der Waals surface area contributed by atoms with Crippen molar-refractivity contribution < 1.29 is 27.3 Å². The third-order valence-corrected chi connectivity index (χ3v) is 7.45. The van der Waals surface area contributed by atoms with E-state index in [0.29, 0.717) is 41.1 Å². The smallest absolute Gasteiger partial charge is 0.416 e. The average Bonchev–Trinajstić information content (AvgIpc) is 3.36. The van der Waals surface area contributed by atoms with Gasteiger partial charge in [-0.1, -0.05) is 23.7 Å². The van der Waals surface area contributed by atoms with Gasteiger partial charge in [-0.25, -0.2) is 23.8 Å². The van der Waals surface area contributed by atoms with Crippen molar-refractivity contribution in [3.8, 4) is 6.07 Å². The van der Waals surface area contributed by atoms with Crippen LogP contribution in [0.5, 0.6) is 0 Å². The quantitative estimate of drug-likeness (QED) is 0.227. The van der Waals surface area contributed by atoms with Crippen LogP contribution in [0.3, 0.4) is 0 Å². The average molecular weight is 610 g/mol. The summed E-state index contributed by atoms with van der Waals surface area (Å²) < 4.78 is 49.1. The van der Waals surface area contributed by atoms with Crippen LogP contribution in [0.1, 0.15) is 41.6 Å². The SMILES string of the molecule is COC(=O)C1=C(C)N(c2cccc(C(F)(F)F)c2)c2n[nH]c(=O)n2[C@@H]1c1ccc(C#N)cc1CCC[n+]1cccc(Cl)c1. The van der Waals surface area contributed by atoms with E-state index in [1.165, 1.54) is 28.7 Å². The summed E-state index contributed by atoms with van der Waals surface area (Å²) in [6.45, 7) is 2.15. The third kappa shape index (κ3) is 5.76. The number of aromatic amines is 1. The fraction of sp³-hybridized carbons (Fsp3) is 0.233. The van der Waals surface area contributed by atoms with Gasteiger partial charge in [0, 0.05) is 23.9 Å². The second-order valence-electron chi connectivity index (χ2n) is 9.86. The molecule has 0 aliphatic carbocycles. The van der Waals surface area contributed by atoms with E-state index in [2.05, 4.69) is 16.3 Å². The molecule has 3 heterocycles. The number of aryl methyl sites for hydroxylation is 2. The molecule has 0 fully saturated rings. The van der Waals surface area contributed by atoms with E-state index in [1.54, 1.807) is 37.4 Å². The summed E-state index contributed by atoms with van der Waals surface area (Å²) in [6, 6.07) is 14.1. The van der Waals surface area contributed by atoms with Crippen LogP contribution in [0, 0.1) is 11.3 Å². The largest absolute Gasteiger partial charge is 0.466 e. The Morgan fingerprint density at radius 1 is 1.21 bits per heavy atom. The number of pyridine rings is 1. The molecule has 43 heavy (non-hydrogen) atoms. The summed E-state index contributed by atoms with van der Waals surface area (Å²) >= 11 is 6.11. The number of hydrogen-bond acceptors (Lipinski definition) is 6. The lowest BCUT2D eigenvalue weighted by Crippen LogP contribution is -2.38. The fourth-order valence-corrected chi connectivity index (χ4v) is 5.52.